The highest BCUT2D eigenvalue weighted by Gasteiger charge is 2.13. The van der Waals surface area contributed by atoms with E-state index < -0.39 is 0 Å². The van der Waals surface area contributed by atoms with Crippen LogP contribution in [0.3, 0.4) is 0 Å². The van der Waals surface area contributed by atoms with Crippen molar-refractivity contribution < 1.29 is 9.53 Å². The third kappa shape index (κ3) is 4.67. The molecule has 1 heterocycles. The van der Waals surface area contributed by atoms with Gasteiger partial charge in [-0.15, -0.1) is 10.2 Å². The molecule has 2 rings (SSSR count). The van der Waals surface area contributed by atoms with Crippen molar-refractivity contribution in [2.75, 3.05) is 26.0 Å². The lowest BCUT2D eigenvalue weighted by atomic mass is 10.3. The van der Waals surface area contributed by atoms with Crippen molar-refractivity contribution >= 4 is 17.4 Å². The molecule has 0 unspecified atom stereocenters. The summed E-state index contributed by atoms with van der Waals surface area (Å²) in [6.45, 7) is 2.82. The fourth-order valence-electron chi connectivity index (χ4n) is 2.05. The van der Waals surface area contributed by atoms with Gasteiger partial charge in [0.2, 0.25) is 0 Å². The third-order valence-corrected chi connectivity index (χ3v) is 3.42. The molecule has 1 aromatic carbocycles. The maximum Gasteiger partial charge on any atom is 0.274 e. The molecule has 0 radical (unpaired) electrons. The number of hydrogen-bond donors (Lipinski definition) is 1. The quantitative estimate of drug-likeness (QED) is 0.850. The van der Waals surface area contributed by atoms with Gasteiger partial charge in [-0.2, -0.15) is 0 Å². The highest BCUT2D eigenvalue weighted by molar-refractivity contribution is 5.92. The molecule has 6 nitrogen and oxygen atoms in total. The second kappa shape index (κ2) is 8.12. The van der Waals surface area contributed by atoms with Gasteiger partial charge in [-0.1, -0.05) is 19.4 Å². The lowest BCUT2D eigenvalue weighted by Gasteiger charge is -2.15. The maximum atomic E-state index is 12.2. The van der Waals surface area contributed by atoms with Gasteiger partial charge in [-0.3, -0.25) is 4.79 Å². The molecular formula is C17H22N4O2. The van der Waals surface area contributed by atoms with Crippen molar-refractivity contribution in [3.63, 3.8) is 0 Å². The second-order valence-electron chi connectivity index (χ2n) is 5.24. The fraction of sp³-hybridized carbons (Fsp3) is 0.353. The first-order valence-electron chi connectivity index (χ1n) is 7.64. The van der Waals surface area contributed by atoms with Crippen LogP contribution in [0.1, 0.15) is 30.3 Å². The van der Waals surface area contributed by atoms with Gasteiger partial charge in [0.05, 0.1) is 7.11 Å². The lowest BCUT2D eigenvalue weighted by Crippen LogP contribution is -2.28. The van der Waals surface area contributed by atoms with Crippen molar-refractivity contribution in [3.8, 4) is 5.75 Å². The van der Waals surface area contributed by atoms with E-state index in [0.29, 0.717) is 11.5 Å². The van der Waals surface area contributed by atoms with E-state index in [1.54, 1.807) is 31.2 Å². The van der Waals surface area contributed by atoms with E-state index in [-0.39, 0.29) is 5.91 Å². The molecular weight excluding hydrogens is 292 g/mol. The number of carbonyl (C=O) groups excluding carboxylic acids is 1. The van der Waals surface area contributed by atoms with Gasteiger partial charge < -0.3 is 15.0 Å². The van der Waals surface area contributed by atoms with Crippen LogP contribution >= 0.6 is 0 Å². The average Bonchev–Trinajstić information content (AvgIpc) is 2.60. The Hall–Kier alpha value is -2.63. The first kappa shape index (κ1) is 16.7. The van der Waals surface area contributed by atoms with Gasteiger partial charge in [-0.25, -0.2) is 0 Å². The zero-order chi connectivity index (χ0) is 16.7. The van der Waals surface area contributed by atoms with Crippen molar-refractivity contribution in [2.24, 2.45) is 0 Å². The molecule has 0 aliphatic heterocycles. The standard InChI is InChI=1S/C17H22N4O2/c1-4-5-11-21(2)17(22)15-9-10-16(20-19-15)18-13-7-6-8-14(12-13)23-3/h6-10,12H,4-5,11H2,1-3H3,(H,18,20). The number of ether oxygens (including phenoxy) is 1. The number of carbonyl (C=O) groups is 1. The molecule has 0 fully saturated rings. The smallest absolute Gasteiger partial charge is 0.274 e. The summed E-state index contributed by atoms with van der Waals surface area (Å²) in [5, 5.41) is 11.2. The van der Waals surface area contributed by atoms with Crippen molar-refractivity contribution in [3.05, 3.63) is 42.1 Å². The summed E-state index contributed by atoms with van der Waals surface area (Å²) >= 11 is 0. The summed E-state index contributed by atoms with van der Waals surface area (Å²) in [6, 6.07) is 10.9. The van der Waals surface area contributed by atoms with Gasteiger partial charge in [-0.05, 0) is 30.7 Å². The Morgan fingerprint density at radius 3 is 2.74 bits per heavy atom. The predicted octanol–water partition coefficient (Wildman–Crippen LogP) is 3.10. The van der Waals surface area contributed by atoms with Crippen LogP contribution in [0.5, 0.6) is 5.75 Å². The summed E-state index contributed by atoms with van der Waals surface area (Å²) < 4.78 is 5.18. The average molecular weight is 314 g/mol. The van der Waals surface area contributed by atoms with E-state index in [1.807, 2.05) is 24.3 Å². The molecule has 2 aromatic rings. The first-order valence-corrected chi connectivity index (χ1v) is 7.64. The van der Waals surface area contributed by atoms with Gasteiger partial charge >= 0.3 is 0 Å². The summed E-state index contributed by atoms with van der Waals surface area (Å²) in [6.07, 6.45) is 2.03. The zero-order valence-corrected chi connectivity index (χ0v) is 13.7. The summed E-state index contributed by atoms with van der Waals surface area (Å²) in [5.41, 5.74) is 1.19. The Morgan fingerprint density at radius 2 is 2.09 bits per heavy atom. The SMILES string of the molecule is CCCCN(C)C(=O)c1ccc(Nc2cccc(OC)c2)nn1. The Morgan fingerprint density at radius 1 is 1.26 bits per heavy atom. The molecule has 0 saturated carbocycles. The number of hydrogen-bond acceptors (Lipinski definition) is 5. The van der Waals surface area contributed by atoms with Crippen LogP contribution in [0.25, 0.3) is 0 Å². The summed E-state index contributed by atoms with van der Waals surface area (Å²) in [7, 11) is 3.40. The summed E-state index contributed by atoms with van der Waals surface area (Å²) in [5.74, 6) is 1.22. The van der Waals surface area contributed by atoms with Crippen molar-refractivity contribution in [1.82, 2.24) is 15.1 Å². The van der Waals surface area contributed by atoms with Crippen LogP contribution in [0.15, 0.2) is 36.4 Å². The largest absolute Gasteiger partial charge is 0.497 e. The van der Waals surface area contributed by atoms with Gasteiger partial charge in [0, 0.05) is 25.3 Å². The Labute approximate surface area is 136 Å². The topological polar surface area (TPSA) is 67.4 Å². The monoisotopic (exact) mass is 314 g/mol. The minimum absolute atomic E-state index is 0.112. The van der Waals surface area contributed by atoms with Gasteiger partial charge in [0.25, 0.3) is 5.91 Å². The highest BCUT2D eigenvalue weighted by Crippen LogP contribution is 2.19. The van der Waals surface area contributed by atoms with E-state index in [9.17, 15) is 4.79 Å². The van der Waals surface area contributed by atoms with Crippen LogP contribution < -0.4 is 10.1 Å². The van der Waals surface area contributed by atoms with E-state index in [2.05, 4.69) is 22.4 Å². The van der Waals surface area contributed by atoms with E-state index >= 15 is 0 Å². The van der Waals surface area contributed by atoms with Crippen LogP contribution in [0.2, 0.25) is 0 Å². The van der Waals surface area contributed by atoms with Gasteiger partial charge in [0.1, 0.15) is 5.75 Å². The fourth-order valence-corrected chi connectivity index (χ4v) is 2.05. The molecule has 0 bridgehead atoms. The molecule has 6 heteroatoms. The molecule has 0 atom stereocenters. The van der Waals surface area contributed by atoms with E-state index in [1.165, 1.54) is 0 Å². The molecule has 23 heavy (non-hydrogen) atoms. The molecule has 1 N–H and O–H groups in total. The molecule has 0 aliphatic carbocycles. The molecule has 1 amide bonds. The molecule has 0 saturated heterocycles. The number of anilines is 2. The number of nitrogens with one attached hydrogen (secondary N) is 1. The summed E-state index contributed by atoms with van der Waals surface area (Å²) in [4.78, 5) is 13.9. The molecule has 122 valence electrons. The normalized spacial score (nSPS) is 10.2. The van der Waals surface area contributed by atoms with Crippen LogP contribution in [-0.4, -0.2) is 41.7 Å². The minimum Gasteiger partial charge on any atom is -0.497 e. The predicted molar refractivity (Wildman–Crippen MR) is 90.2 cm³/mol. The number of methoxy groups -OCH3 is 1. The minimum atomic E-state index is -0.112. The molecule has 0 aliphatic rings. The van der Waals surface area contributed by atoms with Crippen molar-refractivity contribution in [2.45, 2.75) is 19.8 Å². The first-order chi connectivity index (χ1) is 11.1. The number of aromatic nitrogens is 2. The van der Waals surface area contributed by atoms with Crippen LogP contribution in [-0.2, 0) is 0 Å². The Kier molecular flexibility index (Phi) is 5.91. The third-order valence-electron chi connectivity index (χ3n) is 3.42. The molecule has 0 spiro atoms. The van der Waals surface area contributed by atoms with Gasteiger partial charge in [0.15, 0.2) is 11.5 Å². The number of benzene rings is 1. The van der Waals surface area contributed by atoms with Crippen LogP contribution in [0.4, 0.5) is 11.5 Å². The zero-order valence-electron chi connectivity index (χ0n) is 13.7. The highest BCUT2D eigenvalue weighted by atomic mass is 16.5. The number of unbranched alkanes of at least 4 members (excludes halogenated alkanes) is 1. The van der Waals surface area contributed by atoms with E-state index in [4.69, 9.17) is 4.74 Å². The Bertz CT molecular complexity index is 643. The number of amides is 1. The molecule has 1 aromatic heterocycles. The van der Waals surface area contributed by atoms with E-state index in [0.717, 1.165) is 30.8 Å². The van der Waals surface area contributed by atoms with Crippen LogP contribution in [0, 0.1) is 0 Å². The maximum absolute atomic E-state index is 12.2. The number of nitrogens with zero attached hydrogens (tertiary/aromatic N) is 3. The number of rotatable bonds is 7. The van der Waals surface area contributed by atoms with Crippen molar-refractivity contribution in [1.29, 1.82) is 0 Å². The Balaban J connectivity index is 2.02. The lowest BCUT2D eigenvalue weighted by molar-refractivity contribution is 0.0786. The second-order valence-corrected chi connectivity index (χ2v) is 5.24.